The number of halogens is 2. The Morgan fingerprint density at radius 1 is 0.897 bits per heavy atom. The van der Waals surface area contributed by atoms with Crippen LogP contribution < -0.4 is 10.0 Å². The van der Waals surface area contributed by atoms with Gasteiger partial charge in [0.25, 0.3) is 11.8 Å². The van der Waals surface area contributed by atoms with E-state index >= 15 is 0 Å². The Kier molecular flexibility index (Phi) is 5.16. The molecule has 0 unspecified atom stereocenters. The van der Waals surface area contributed by atoms with Crippen LogP contribution in [0.1, 0.15) is 13.8 Å². The van der Waals surface area contributed by atoms with Crippen molar-refractivity contribution >= 4 is 66.5 Å². The third kappa shape index (κ3) is 3.14. The zero-order chi connectivity index (χ0) is 20.8. The van der Waals surface area contributed by atoms with Crippen LogP contribution in [0.5, 0.6) is 0 Å². The fraction of sp³-hybridized carbons (Fsp3) is 0.238. The molecule has 3 atom stereocenters. The summed E-state index contributed by atoms with van der Waals surface area (Å²) in [5, 5.41) is 11.7. The number of hydrogen-bond acceptors (Lipinski definition) is 4. The molecule has 0 saturated heterocycles. The van der Waals surface area contributed by atoms with Gasteiger partial charge in [0, 0.05) is 5.71 Å². The molecule has 2 aromatic carbocycles. The molecule has 0 bridgehead atoms. The summed E-state index contributed by atoms with van der Waals surface area (Å²) in [6.07, 6.45) is 0. The Balaban J connectivity index is 1.65. The maximum Gasteiger partial charge on any atom is 0.271 e. The van der Waals surface area contributed by atoms with Crippen molar-refractivity contribution in [3.05, 3.63) is 60.7 Å². The molecular formula is C21H18Br2N4O2. The topological polar surface area (TPSA) is 65.3 Å². The van der Waals surface area contributed by atoms with Crippen LogP contribution in [-0.2, 0) is 9.59 Å². The minimum Gasteiger partial charge on any atom is -0.272 e. The van der Waals surface area contributed by atoms with Gasteiger partial charge in [0.1, 0.15) is 0 Å². The molecule has 0 spiro atoms. The molecule has 8 heteroatoms. The van der Waals surface area contributed by atoms with E-state index in [1.54, 1.807) is 13.8 Å². The monoisotopic (exact) mass is 516 g/mol. The molecule has 2 heterocycles. The molecule has 148 valence electrons. The zero-order valence-electron chi connectivity index (χ0n) is 15.8. The molecule has 2 aliphatic heterocycles. The predicted molar refractivity (Wildman–Crippen MR) is 122 cm³/mol. The van der Waals surface area contributed by atoms with E-state index < -0.39 is 15.1 Å². The van der Waals surface area contributed by atoms with Gasteiger partial charge in [0.05, 0.1) is 27.8 Å². The van der Waals surface area contributed by atoms with Gasteiger partial charge in [-0.15, -0.1) is 0 Å². The first-order chi connectivity index (χ1) is 13.9. The van der Waals surface area contributed by atoms with Crippen molar-refractivity contribution in [2.75, 3.05) is 10.0 Å². The Morgan fingerprint density at radius 3 is 1.97 bits per heavy atom. The lowest BCUT2D eigenvalue weighted by molar-refractivity contribution is -0.120. The maximum atomic E-state index is 13.4. The van der Waals surface area contributed by atoms with E-state index in [4.69, 9.17) is 0 Å². The second-order valence-electron chi connectivity index (χ2n) is 6.96. The quantitative estimate of drug-likeness (QED) is 0.566. The normalized spacial score (nSPS) is 25.3. The molecule has 0 aromatic heterocycles. The Hall–Kier alpha value is -2.32. The number of nitrogens with zero attached hydrogens (tertiary/aromatic N) is 4. The summed E-state index contributed by atoms with van der Waals surface area (Å²) < 4.78 is -1.16. The van der Waals surface area contributed by atoms with Crippen molar-refractivity contribution in [3.8, 4) is 0 Å². The van der Waals surface area contributed by atoms with Crippen LogP contribution in [0.4, 0.5) is 11.4 Å². The van der Waals surface area contributed by atoms with E-state index in [-0.39, 0.29) is 11.8 Å². The Morgan fingerprint density at radius 2 is 1.41 bits per heavy atom. The number of benzene rings is 2. The molecule has 0 radical (unpaired) electrons. The van der Waals surface area contributed by atoms with Gasteiger partial charge in [-0.25, -0.2) is 5.01 Å². The SMILES string of the molecule is CC1=NN(c2ccccc2)C(=O)[C@H]1[C@@H](Br)[C@@]1(Br)C(=O)N(c2ccccc2)N=C1C. The second kappa shape index (κ2) is 7.50. The smallest absolute Gasteiger partial charge is 0.271 e. The largest absolute Gasteiger partial charge is 0.272 e. The van der Waals surface area contributed by atoms with Crippen molar-refractivity contribution in [2.45, 2.75) is 23.0 Å². The number of alkyl halides is 2. The lowest BCUT2D eigenvalue weighted by Gasteiger charge is -2.30. The summed E-state index contributed by atoms with van der Waals surface area (Å²) in [5.41, 5.74) is 2.58. The first kappa shape index (κ1) is 20.0. The summed E-state index contributed by atoms with van der Waals surface area (Å²) >= 11 is 7.27. The number of amides is 2. The molecule has 0 N–H and O–H groups in total. The number of para-hydroxylation sites is 2. The van der Waals surface area contributed by atoms with Crippen LogP contribution in [0.2, 0.25) is 0 Å². The Bertz CT molecular complexity index is 1030. The third-order valence-electron chi connectivity index (χ3n) is 5.14. The molecule has 6 nitrogen and oxygen atoms in total. The third-order valence-corrected chi connectivity index (χ3v) is 8.37. The molecule has 0 saturated carbocycles. The number of hydrogen-bond donors (Lipinski definition) is 0. The van der Waals surface area contributed by atoms with Crippen LogP contribution in [0, 0.1) is 5.92 Å². The highest BCUT2D eigenvalue weighted by Gasteiger charge is 2.58. The van der Waals surface area contributed by atoms with Crippen LogP contribution in [0.15, 0.2) is 70.9 Å². The molecule has 0 aliphatic carbocycles. The predicted octanol–water partition coefficient (Wildman–Crippen LogP) is 4.35. The Labute approximate surface area is 185 Å². The first-order valence-corrected chi connectivity index (χ1v) is 10.8. The highest BCUT2D eigenvalue weighted by Crippen LogP contribution is 2.43. The van der Waals surface area contributed by atoms with Gasteiger partial charge >= 0.3 is 0 Å². The maximum absolute atomic E-state index is 13.4. The van der Waals surface area contributed by atoms with Gasteiger partial charge in [-0.2, -0.15) is 15.2 Å². The molecule has 2 aromatic rings. The summed E-state index contributed by atoms with van der Waals surface area (Å²) in [5.74, 6) is -1.05. The summed E-state index contributed by atoms with van der Waals surface area (Å²) in [6.45, 7) is 3.59. The van der Waals surface area contributed by atoms with Gasteiger partial charge in [-0.1, -0.05) is 68.3 Å². The van der Waals surface area contributed by atoms with E-state index in [1.807, 2.05) is 60.7 Å². The number of carbonyl (C=O) groups is 2. The average Bonchev–Trinajstić information content (AvgIpc) is 3.17. The number of hydrazone groups is 2. The molecule has 29 heavy (non-hydrogen) atoms. The number of anilines is 2. The van der Waals surface area contributed by atoms with Crippen molar-refractivity contribution in [1.29, 1.82) is 0 Å². The molecule has 4 rings (SSSR count). The number of carbonyl (C=O) groups excluding carboxylic acids is 2. The molecule has 2 aliphatic rings. The van der Waals surface area contributed by atoms with E-state index in [2.05, 4.69) is 42.1 Å². The standard InChI is InChI=1S/C21H18Br2N4O2/c1-13-17(19(28)26(24-13)15-9-5-3-6-10-15)18(22)21(23)14(2)25-27(20(21)29)16-11-7-4-8-12-16/h3-12,17-18H,1-2H3/t17-,18-,21-/m1/s1. The van der Waals surface area contributed by atoms with Crippen LogP contribution in [0.25, 0.3) is 0 Å². The van der Waals surface area contributed by atoms with E-state index in [0.717, 1.165) is 0 Å². The minimum absolute atomic E-state index is 0.187. The summed E-state index contributed by atoms with van der Waals surface area (Å²) in [7, 11) is 0. The lowest BCUT2D eigenvalue weighted by atomic mass is 9.88. The minimum atomic E-state index is -1.16. The first-order valence-electron chi connectivity index (χ1n) is 9.08. The zero-order valence-corrected chi connectivity index (χ0v) is 19.0. The second-order valence-corrected chi connectivity index (χ2v) is 9.19. The van der Waals surface area contributed by atoms with Crippen molar-refractivity contribution in [2.24, 2.45) is 16.1 Å². The molecule has 2 amide bonds. The van der Waals surface area contributed by atoms with Crippen molar-refractivity contribution in [3.63, 3.8) is 0 Å². The van der Waals surface area contributed by atoms with Gasteiger partial charge in [-0.3, -0.25) is 9.59 Å². The highest BCUT2D eigenvalue weighted by atomic mass is 79.9. The van der Waals surface area contributed by atoms with Gasteiger partial charge in [0.2, 0.25) is 0 Å². The fourth-order valence-electron chi connectivity index (χ4n) is 3.54. The molecular weight excluding hydrogens is 500 g/mol. The van der Waals surface area contributed by atoms with E-state index in [0.29, 0.717) is 22.8 Å². The highest BCUT2D eigenvalue weighted by molar-refractivity contribution is 9.13. The van der Waals surface area contributed by atoms with Gasteiger partial charge < -0.3 is 0 Å². The van der Waals surface area contributed by atoms with Gasteiger partial charge in [0.15, 0.2) is 4.32 Å². The summed E-state index contributed by atoms with van der Waals surface area (Å²) in [4.78, 5) is 26.0. The van der Waals surface area contributed by atoms with E-state index in [9.17, 15) is 9.59 Å². The van der Waals surface area contributed by atoms with Crippen LogP contribution in [0.3, 0.4) is 0 Å². The van der Waals surface area contributed by atoms with Gasteiger partial charge in [-0.05, 0) is 38.1 Å². The van der Waals surface area contributed by atoms with E-state index in [1.165, 1.54) is 10.0 Å². The average molecular weight is 518 g/mol. The lowest BCUT2D eigenvalue weighted by Crippen LogP contribution is -2.53. The molecule has 0 fully saturated rings. The van der Waals surface area contributed by atoms with Crippen molar-refractivity contribution < 1.29 is 9.59 Å². The fourth-order valence-corrected chi connectivity index (χ4v) is 5.19. The summed E-state index contributed by atoms with van der Waals surface area (Å²) in [6, 6.07) is 18.5. The van der Waals surface area contributed by atoms with Crippen LogP contribution >= 0.6 is 31.9 Å². The van der Waals surface area contributed by atoms with Crippen LogP contribution in [-0.4, -0.2) is 32.4 Å². The van der Waals surface area contributed by atoms with Crippen molar-refractivity contribution in [1.82, 2.24) is 0 Å². The number of rotatable bonds is 4.